The van der Waals surface area contributed by atoms with Crippen LogP contribution in [-0.2, 0) is 0 Å². The molecular weight excluding hydrogens is 427 g/mol. The van der Waals surface area contributed by atoms with Gasteiger partial charge in [-0.2, -0.15) is 0 Å². The van der Waals surface area contributed by atoms with Gasteiger partial charge in [0.25, 0.3) is 0 Å². The first-order chi connectivity index (χ1) is 16.4. The second kappa shape index (κ2) is 10.3. The van der Waals surface area contributed by atoms with Crippen LogP contribution in [0.25, 0.3) is 24.3 Å². The Morgan fingerprint density at radius 3 is 1.88 bits per heavy atom. The van der Waals surface area contributed by atoms with E-state index in [-0.39, 0.29) is 0 Å². The van der Waals surface area contributed by atoms with Crippen LogP contribution in [0, 0.1) is 0 Å². The lowest BCUT2D eigenvalue weighted by atomic mass is 10.1. The molecule has 0 aliphatic carbocycles. The van der Waals surface area contributed by atoms with Crippen LogP contribution in [0.5, 0.6) is 0 Å². The van der Waals surface area contributed by atoms with Crippen LogP contribution in [-0.4, -0.2) is 36.7 Å². The van der Waals surface area contributed by atoms with Gasteiger partial charge >= 0.3 is 7.40 Å². The lowest BCUT2D eigenvalue weighted by Crippen LogP contribution is -2.24. The Balaban J connectivity index is 1.49. The van der Waals surface area contributed by atoms with E-state index in [2.05, 4.69) is 46.3 Å². The van der Waals surface area contributed by atoms with Gasteiger partial charge in [-0.25, -0.2) is 13.1 Å². The molecule has 2 aromatic carbocycles. The second-order valence-corrected chi connectivity index (χ2v) is 8.37. The maximum Gasteiger partial charge on any atom is 0.935 e. The van der Waals surface area contributed by atoms with Gasteiger partial charge in [0.2, 0.25) is 0 Å². The van der Waals surface area contributed by atoms with E-state index in [1.807, 2.05) is 63.5 Å². The van der Waals surface area contributed by atoms with Gasteiger partial charge in [0.05, 0.1) is 0 Å². The van der Waals surface area contributed by atoms with Crippen LogP contribution in [0.4, 0.5) is 14.3 Å². The fourth-order valence-corrected chi connectivity index (χ4v) is 3.78. The number of nitrogens with zero attached hydrogens (tertiary/aromatic N) is 2. The molecule has 34 heavy (non-hydrogen) atoms. The summed E-state index contributed by atoms with van der Waals surface area (Å²) in [6.07, 6.45) is 13.0. The molecule has 0 fully saturated rings. The van der Waals surface area contributed by atoms with Crippen LogP contribution in [0.2, 0.25) is 0 Å². The molecule has 1 aliphatic rings. The van der Waals surface area contributed by atoms with Gasteiger partial charge in [0, 0.05) is 55.5 Å². The molecule has 0 radical (unpaired) electrons. The molecule has 1 aromatic heterocycles. The fourth-order valence-electron chi connectivity index (χ4n) is 3.78. The molecule has 170 valence electrons. The van der Waals surface area contributed by atoms with Crippen LogP contribution < -0.4 is 4.90 Å². The largest absolute Gasteiger partial charge is 0.935 e. The van der Waals surface area contributed by atoms with Crippen LogP contribution in [0.1, 0.15) is 29.3 Å². The molecule has 3 aromatic rings. The average molecular weight is 454 g/mol. The minimum Gasteiger partial charge on any atom is -0.378 e. The van der Waals surface area contributed by atoms with Crippen molar-refractivity contribution in [2.24, 2.45) is 0 Å². The number of hydrogen-bond donors (Lipinski definition) is 1. The molecule has 0 amide bonds. The van der Waals surface area contributed by atoms with Gasteiger partial charge in [-0.3, -0.25) is 0 Å². The fraction of sp³-hybridized carbons (Fsp3) is 0.107. The van der Waals surface area contributed by atoms with Crippen molar-refractivity contribution in [3.63, 3.8) is 0 Å². The van der Waals surface area contributed by atoms with E-state index in [1.54, 1.807) is 24.4 Å². The van der Waals surface area contributed by atoms with Gasteiger partial charge in [-0.1, -0.05) is 48.6 Å². The monoisotopic (exact) mass is 454 g/mol. The number of H-pyrrole nitrogens is 1. The zero-order valence-corrected chi connectivity index (χ0v) is 19.5. The molecule has 0 saturated heterocycles. The third kappa shape index (κ3) is 5.52. The molecule has 3 nitrogen and oxygen atoms in total. The highest BCUT2D eigenvalue weighted by Crippen LogP contribution is 2.24. The Hall–Kier alpha value is -3.93. The molecule has 0 unspecified atom stereocenters. The summed E-state index contributed by atoms with van der Waals surface area (Å²) in [5.74, 6) is 0. The molecule has 6 heteroatoms. The summed E-state index contributed by atoms with van der Waals surface area (Å²) < 4.78 is 28.8. The number of aromatic nitrogens is 1. The Bertz CT molecular complexity index is 1280. The summed E-state index contributed by atoms with van der Waals surface area (Å²) in [5.41, 5.74) is 6.86. The quantitative estimate of drug-likeness (QED) is 0.314. The van der Waals surface area contributed by atoms with E-state index in [4.69, 9.17) is 0 Å². The highest BCUT2D eigenvalue weighted by Gasteiger charge is 2.43. The smallest absolute Gasteiger partial charge is 0.378 e. The van der Waals surface area contributed by atoms with Crippen LogP contribution in [0.3, 0.4) is 0 Å². The predicted octanol–water partition coefficient (Wildman–Crippen LogP) is 6.64. The maximum absolute atomic E-state index is 13.9. The van der Waals surface area contributed by atoms with Crippen molar-refractivity contribution < 1.29 is 13.1 Å². The summed E-state index contributed by atoms with van der Waals surface area (Å²) in [4.78, 5) is 5.11. The van der Waals surface area contributed by atoms with Crippen molar-refractivity contribution in [2.75, 3.05) is 19.0 Å². The van der Waals surface area contributed by atoms with Gasteiger partial charge in [-0.05, 0) is 54.0 Å². The summed E-state index contributed by atoms with van der Waals surface area (Å²) in [6.45, 7) is 1.85. The van der Waals surface area contributed by atoms with Gasteiger partial charge in [0.15, 0.2) is 11.4 Å². The van der Waals surface area contributed by atoms with Gasteiger partial charge < -0.3 is 9.88 Å². The summed E-state index contributed by atoms with van der Waals surface area (Å²) in [7, 11) is 1.41. The van der Waals surface area contributed by atoms with Gasteiger partial charge in [0.1, 0.15) is 0 Å². The first-order valence-corrected chi connectivity index (χ1v) is 11.1. The molecule has 4 rings (SSSR count). The van der Waals surface area contributed by atoms with Crippen LogP contribution >= 0.6 is 0 Å². The first-order valence-electron chi connectivity index (χ1n) is 11.1. The maximum atomic E-state index is 13.9. The average Bonchev–Trinajstić information content (AvgIpc) is 3.45. The third-order valence-electron chi connectivity index (χ3n) is 5.68. The zero-order chi connectivity index (χ0) is 24.1. The molecule has 0 saturated carbocycles. The number of allylic oxidation sites excluding steroid dienone is 3. The lowest BCUT2D eigenvalue weighted by molar-refractivity contribution is -0.341. The molecule has 1 aliphatic heterocycles. The zero-order valence-electron chi connectivity index (χ0n) is 19.5. The Labute approximate surface area is 200 Å². The number of hydrogen-bond acceptors (Lipinski definition) is 1. The molecule has 0 atom stereocenters. The van der Waals surface area contributed by atoms with E-state index in [0.717, 1.165) is 38.1 Å². The van der Waals surface area contributed by atoms with Gasteiger partial charge in [-0.15, -0.1) is 0 Å². The molecule has 0 bridgehead atoms. The number of aromatic amines is 1. The highest BCUT2D eigenvalue weighted by atomic mass is 19.2. The summed E-state index contributed by atoms with van der Waals surface area (Å²) >= 11 is 0. The summed E-state index contributed by atoms with van der Waals surface area (Å²) in [5, 5.41) is 0. The minimum absolute atomic E-state index is 0.468. The van der Waals surface area contributed by atoms with Crippen LogP contribution in [0.15, 0.2) is 90.3 Å². The molecule has 1 N–H and O–H groups in total. The van der Waals surface area contributed by atoms with Crippen molar-refractivity contribution >= 4 is 43.1 Å². The highest BCUT2D eigenvalue weighted by molar-refractivity contribution is 6.36. The van der Waals surface area contributed by atoms with Crippen molar-refractivity contribution in [1.29, 1.82) is 0 Å². The van der Waals surface area contributed by atoms with Crippen molar-refractivity contribution in [2.45, 2.75) is 6.92 Å². The Morgan fingerprint density at radius 1 is 0.824 bits per heavy atom. The normalized spacial score (nSPS) is 15.1. The number of rotatable bonds is 7. The number of benzene rings is 2. The number of nitrogens with one attached hydrogen (secondary N) is 1. The van der Waals surface area contributed by atoms with Crippen molar-refractivity contribution in [1.82, 2.24) is 4.98 Å². The van der Waals surface area contributed by atoms with E-state index < -0.39 is 7.40 Å². The number of anilines is 1. The van der Waals surface area contributed by atoms with Crippen molar-refractivity contribution in [3.05, 3.63) is 113 Å². The van der Waals surface area contributed by atoms with E-state index in [0.29, 0.717) is 11.4 Å². The Kier molecular flexibility index (Phi) is 7.07. The number of halogens is 2. The minimum atomic E-state index is -2.63. The first kappa shape index (κ1) is 23.2. The van der Waals surface area contributed by atoms with E-state index in [1.165, 1.54) is 0 Å². The third-order valence-corrected chi connectivity index (χ3v) is 5.68. The predicted molar refractivity (Wildman–Crippen MR) is 141 cm³/mol. The topological polar surface area (TPSA) is 22.0 Å². The molecule has 0 spiro atoms. The molecular formula is C28H27BF2N3+. The second-order valence-electron chi connectivity index (χ2n) is 8.37. The van der Waals surface area contributed by atoms with Crippen molar-refractivity contribution in [3.8, 4) is 0 Å². The lowest BCUT2D eigenvalue weighted by Gasteiger charge is -2.11. The Morgan fingerprint density at radius 2 is 1.38 bits per heavy atom. The SMILES string of the molecule is CC1=CC(/C=C/c2ccc(/C=C/c3ccc(N(C)C)cc3)cc2)=[N+](B(F)F)C/1=C\c1ccc[nH]1. The van der Waals surface area contributed by atoms with E-state index >= 15 is 0 Å². The van der Waals surface area contributed by atoms with E-state index in [9.17, 15) is 8.63 Å². The molecule has 2 heterocycles. The standard InChI is InChI=1S/C28H26BF2N3/c1-21-19-27(34(29(30)31)28(21)20-25-5-4-18-32-25)17-14-23-9-6-22(7-10-23)8-11-24-12-15-26(16-13-24)33(2)3/h4-20H,1-3H3/p+1/b11-8+,17-14+. The summed E-state index contributed by atoms with van der Waals surface area (Å²) in [6, 6.07) is 20.1.